The molecule has 1 aliphatic rings. The lowest BCUT2D eigenvalue weighted by atomic mass is 10.2. The van der Waals surface area contributed by atoms with Gasteiger partial charge in [0.1, 0.15) is 11.5 Å². The number of carbonyl (C=O) groups excluding carboxylic acids is 2. The van der Waals surface area contributed by atoms with Crippen molar-refractivity contribution in [2.45, 2.75) is 13.3 Å². The van der Waals surface area contributed by atoms with E-state index in [1.807, 2.05) is 25.1 Å². The molecule has 1 fully saturated rings. The largest absolute Gasteiger partial charge is 0.497 e. The third-order valence-electron chi connectivity index (χ3n) is 4.43. The van der Waals surface area contributed by atoms with Crippen LogP contribution in [0.1, 0.15) is 12.0 Å². The average Bonchev–Trinajstić information content (AvgIpc) is 3.43. The van der Waals surface area contributed by atoms with Gasteiger partial charge in [0.05, 0.1) is 31.7 Å². The minimum absolute atomic E-state index is 0.147. The highest BCUT2D eigenvalue weighted by atomic mass is 16.5. The summed E-state index contributed by atoms with van der Waals surface area (Å²) in [5.41, 5.74) is 2.33. The van der Waals surface area contributed by atoms with Crippen molar-refractivity contribution in [3.05, 3.63) is 48.0 Å². The van der Waals surface area contributed by atoms with Gasteiger partial charge in [-0.05, 0) is 55.3 Å². The fourth-order valence-electron chi connectivity index (χ4n) is 2.83. The molecular formula is C20H22N2O4. The van der Waals surface area contributed by atoms with E-state index in [4.69, 9.17) is 9.47 Å². The number of benzene rings is 2. The van der Waals surface area contributed by atoms with Crippen LogP contribution in [0.25, 0.3) is 0 Å². The summed E-state index contributed by atoms with van der Waals surface area (Å²) in [7, 11) is 3.15. The lowest BCUT2D eigenvalue weighted by Crippen LogP contribution is -2.20. The second-order valence-corrected chi connectivity index (χ2v) is 6.36. The Balaban J connectivity index is 1.58. The van der Waals surface area contributed by atoms with Crippen LogP contribution < -0.4 is 20.1 Å². The monoisotopic (exact) mass is 354 g/mol. The van der Waals surface area contributed by atoms with Crippen LogP contribution in [0.3, 0.4) is 0 Å². The summed E-state index contributed by atoms with van der Waals surface area (Å²) in [5.74, 6) is 0.379. The molecule has 0 saturated heterocycles. The number of carbonyl (C=O) groups is 2. The van der Waals surface area contributed by atoms with Crippen LogP contribution in [0.2, 0.25) is 0 Å². The van der Waals surface area contributed by atoms with E-state index in [0.717, 1.165) is 11.3 Å². The van der Waals surface area contributed by atoms with Gasteiger partial charge in [-0.3, -0.25) is 9.59 Å². The quantitative estimate of drug-likeness (QED) is 0.835. The normalized spacial score (nSPS) is 18.0. The standard InChI is InChI=1S/C20H22N2O4/c1-12-4-9-18(26-3)17(10-12)22-20(24)16-11-15(16)19(23)21-13-5-7-14(25-2)8-6-13/h4-10,15-16H,11H2,1-3H3,(H,21,23)(H,22,24). The van der Waals surface area contributed by atoms with Gasteiger partial charge in [0.25, 0.3) is 0 Å². The fraction of sp³-hybridized carbons (Fsp3) is 0.300. The molecule has 1 aliphatic carbocycles. The van der Waals surface area contributed by atoms with Crippen LogP contribution in [-0.2, 0) is 9.59 Å². The van der Waals surface area contributed by atoms with Gasteiger partial charge in [0.2, 0.25) is 11.8 Å². The maximum Gasteiger partial charge on any atom is 0.228 e. The highest BCUT2D eigenvalue weighted by molar-refractivity contribution is 6.03. The van der Waals surface area contributed by atoms with E-state index in [1.165, 1.54) is 0 Å². The molecule has 0 aliphatic heterocycles. The molecular weight excluding hydrogens is 332 g/mol. The predicted molar refractivity (Wildman–Crippen MR) is 99.6 cm³/mol. The van der Waals surface area contributed by atoms with Gasteiger partial charge in [-0.15, -0.1) is 0 Å². The summed E-state index contributed by atoms with van der Waals surface area (Å²) in [4.78, 5) is 24.8. The molecule has 2 amide bonds. The van der Waals surface area contributed by atoms with Gasteiger partial charge in [0.15, 0.2) is 0 Å². The van der Waals surface area contributed by atoms with Crippen LogP contribution in [-0.4, -0.2) is 26.0 Å². The summed E-state index contributed by atoms with van der Waals surface area (Å²) in [6.45, 7) is 1.94. The number of hydrogen-bond donors (Lipinski definition) is 2. The lowest BCUT2D eigenvalue weighted by Gasteiger charge is -2.11. The zero-order valence-electron chi connectivity index (χ0n) is 15.0. The molecule has 2 unspecified atom stereocenters. The molecule has 2 N–H and O–H groups in total. The second kappa shape index (κ2) is 7.47. The van der Waals surface area contributed by atoms with Crippen molar-refractivity contribution in [2.75, 3.05) is 24.9 Å². The molecule has 26 heavy (non-hydrogen) atoms. The molecule has 0 aromatic heterocycles. The molecule has 3 rings (SSSR count). The van der Waals surface area contributed by atoms with Crippen molar-refractivity contribution in [3.63, 3.8) is 0 Å². The summed E-state index contributed by atoms with van der Waals surface area (Å²) in [6.07, 6.45) is 0.544. The molecule has 136 valence electrons. The highest BCUT2D eigenvalue weighted by Gasteiger charge is 2.48. The average molecular weight is 354 g/mol. The van der Waals surface area contributed by atoms with E-state index in [9.17, 15) is 9.59 Å². The van der Waals surface area contributed by atoms with E-state index in [0.29, 0.717) is 23.5 Å². The van der Waals surface area contributed by atoms with Crippen molar-refractivity contribution < 1.29 is 19.1 Å². The Bertz CT molecular complexity index is 817. The van der Waals surface area contributed by atoms with Crippen molar-refractivity contribution in [1.29, 1.82) is 0 Å². The predicted octanol–water partition coefficient (Wildman–Crippen LogP) is 3.23. The van der Waals surface area contributed by atoms with Gasteiger partial charge < -0.3 is 20.1 Å². The second-order valence-electron chi connectivity index (χ2n) is 6.36. The Morgan fingerprint density at radius 2 is 1.58 bits per heavy atom. The Labute approximate surface area is 152 Å². The summed E-state index contributed by atoms with van der Waals surface area (Å²) < 4.78 is 10.4. The van der Waals surface area contributed by atoms with Gasteiger partial charge in [-0.25, -0.2) is 0 Å². The smallest absolute Gasteiger partial charge is 0.228 e. The lowest BCUT2D eigenvalue weighted by molar-refractivity contribution is -0.122. The maximum atomic E-state index is 12.4. The zero-order valence-corrected chi connectivity index (χ0v) is 15.0. The number of ether oxygens (including phenoxy) is 2. The zero-order chi connectivity index (χ0) is 18.7. The van der Waals surface area contributed by atoms with Crippen LogP contribution in [0.4, 0.5) is 11.4 Å². The molecule has 0 bridgehead atoms. The first-order chi connectivity index (χ1) is 12.5. The van der Waals surface area contributed by atoms with Crippen LogP contribution in [0.15, 0.2) is 42.5 Å². The molecule has 2 aromatic carbocycles. The third kappa shape index (κ3) is 3.96. The minimum atomic E-state index is -0.321. The third-order valence-corrected chi connectivity index (χ3v) is 4.43. The first-order valence-corrected chi connectivity index (χ1v) is 8.42. The number of methoxy groups -OCH3 is 2. The molecule has 2 atom stereocenters. The molecule has 0 radical (unpaired) electrons. The highest BCUT2D eigenvalue weighted by Crippen LogP contribution is 2.41. The van der Waals surface area contributed by atoms with E-state index >= 15 is 0 Å². The molecule has 0 heterocycles. The van der Waals surface area contributed by atoms with E-state index in [-0.39, 0.29) is 23.7 Å². The Hall–Kier alpha value is -3.02. The Morgan fingerprint density at radius 3 is 2.19 bits per heavy atom. The Kier molecular flexibility index (Phi) is 5.11. The van der Waals surface area contributed by atoms with Crippen LogP contribution >= 0.6 is 0 Å². The Morgan fingerprint density at radius 1 is 0.923 bits per heavy atom. The van der Waals surface area contributed by atoms with Crippen molar-refractivity contribution >= 4 is 23.2 Å². The number of nitrogens with one attached hydrogen (secondary N) is 2. The topological polar surface area (TPSA) is 76.7 Å². The summed E-state index contributed by atoms with van der Waals surface area (Å²) in [6, 6.07) is 12.7. The van der Waals surface area contributed by atoms with E-state index < -0.39 is 0 Å². The molecule has 2 aromatic rings. The number of hydrogen-bond acceptors (Lipinski definition) is 4. The number of amides is 2. The van der Waals surface area contributed by atoms with Gasteiger partial charge in [-0.2, -0.15) is 0 Å². The van der Waals surface area contributed by atoms with Crippen molar-refractivity contribution in [1.82, 2.24) is 0 Å². The van der Waals surface area contributed by atoms with E-state index in [1.54, 1.807) is 38.5 Å². The molecule has 0 spiro atoms. The van der Waals surface area contributed by atoms with Crippen molar-refractivity contribution in [3.8, 4) is 11.5 Å². The number of aryl methyl sites for hydroxylation is 1. The fourth-order valence-corrected chi connectivity index (χ4v) is 2.83. The summed E-state index contributed by atoms with van der Waals surface area (Å²) >= 11 is 0. The van der Waals surface area contributed by atoms with Crippen LogP contribution in [0.5, 0.6) is 11.5 Å². The SMILES string of the molecule is COc1ccc(NC(=O)C2CC2C(=O)Nc2cc(C)ccc2OC)cc1. The van der Waals surface area contributed by atoms with Gasteiger partial charge >= 0.3 is 0 Å². The first kappa shape index (κ1) is 17.8. The van der Waals surface area contributed by atoms with Crippen LogP contribution in [0, 0.1) is 18.8 Å². The minimum Gasteiger partial charge on any atom is -0.497 e. The summed E-state index contributed by atoms with van der Waals surface area (Å²) in [5, 5.41) is 5.70. The molecule has 6 nitrogen and oxygen atoms in total. The van der Waals surface area contributed by atoms with Crippen molar-refractivity contribution in [2.24, 2.45) is 11.8 Å². The number of anilines is 2. The molecule has 6 heteroatoms. The first-order valence-electron chi connectivity index (χ1n) is 8.42. The van der Waals surface area contributed by atoms with Gasteiger partial charge in [-0.1, -0.05) is 6.07 Å². The van der Waals surface area contributed by atoms with Gasteiger partial charge in [0, 0.05) is 5.69 Å². The molecule has 1 saturated carbocycles. The van der Waals surface area contributed by atoms with E-state index in [2.05, 4.69) is 10.6 Å². The number of rotatable bonds is 6. The maximum absolute atomic E-state index is 12.4.